The molecule has 0 aliphatic carbocycles. The number of nitrogens with one attached hydrogen (secondary N) is 1. The Hall–Kier alpha value is -3.54. The summed E-state index contributed by atoms with van der Waals surface area (Å²) in [5, 5.41) is 2.91. The molecule has 4 rings (SSSR count). The van der Waals surface area contributed by atoms with Crippen molar-refractivity contribution in [2.24, 2.45) is 0 Å². The molecule has 2 aromatic carbocycles. The highest BCUT2D eigenvalue weighted by Gasteiger charge is 2.33. The van der Waals surface area contributed by atoms with Gasteiger partial charge in [0, 0.05) is 37.2 Å². The highest BCUT2D eigenvalue weighted by Crippen LogP contribution is 2.32. The molecule has 0 spiro atoms. The van der Waals surface area contributed by atoms with Gasteiger partial charge in [-0.25, -0.2) is 4.79 Å². The number of likely N-dealkylation sites (N-methyl/N-ethyl adjacent to an activating group) is 1. The van der Waals surface area contributed by atoms with Crippen molar-refractivity contribution in [3.05, 3.63) is 89.7 Å². The normalized spacial score (nSPS) is 15.3. The molecule has 1 aliphatic heterocycles. The summed E-state index contributed by atoms with van der Waals surface area (Å²) in [6.45, 7) is 5.71. The fraction of sp³-hybridized carbons (Fsp3) is 0.280. The number of carbonyl (C=O) groups excluding carboxylic acids is 2. The molecular formula is C25H28N4O2. The van der Waals surface area contributed by atoms with Crippen molar-refractivity contribution in [2.45, 2.75) is 26.4 Å². The van der Waals surface area contributed by atoms with E-state index in [9.17, 15) is 9.59 Å². The minimum absolute atomic E-state index is 0.0399. The highest BCUT2D eigenvalue weighted by atomic mass is 16.2. The lowest BCUT2D eigenvalue weighted by Gasteiger charge is -2.38. The van der Waals surface area contributed by atoms with Crippen LogP contribution in [0.25, 0.3) is 0 Å². The zero-order chi connectivity index (χ0) is 21.8. The SMILES string of the molecule is CCN(CC(=O)N1CCn2cccc2C1c1ccccc1)C(=O)Nc1cccc(C)c1. The summed E-state index contributed by atoms with van der Waals surface area (Å²) >= 11 is 0. The molecule has 160 valence electrons. The van der Waals surface area contributed by atoms with Crippen LogP contribution in [0.3, 0.4) is 0 Å². The number of aromatic nitrogens is 1. The molecule has 0 bridgehead atoms. The van der Waals surface area contributed by atoms with Crippen LogP contribution in [0.4, 0.5) is 10.5 Å². The van der Waals surface area contributed by atoms with E-state index in [0.29, 0.717) is 13.1 Å². The minimum atomic E-state index is -0.266. The number of carbonyl (C=O) groups is 2. The molecule has 31 heavy (non-hydrogen) atoms. The number of benzene rings is 2. The number of anilines is 1. The summed E-state index contributed by atoms with van der Waals surface area (Å²) in [5.41, 5.74) is 3.97. The smallest absolute Gasteiger partial charge is 0.322 e. The lowest BCUT2D eigenvalue weighted by atomic mass is 10.00. The predicted octanol–water partition coefficient (Wildman–Crippen LogP) is 4.28. The number of urea groups is 1. The van der Waals surface area contributed by atoms with E-state index in [0.717, 1.165) is 29.1 Å². The molecule has 0 radical (unpaired) electrons. The Bertz CT molecular complexity index is 1060. The number of rotatable bonds is 5. The predicted molar refractivity (Wildman–Crippen MR) is 122 cm³/mol. The molecule has 1 N–H and O–H groups in total. The minimum Gasteiger partial charge on any atom is -0.348 e. The van der Waals surface area contributed by atoms with Crippen LogP contribution >= 0.6 is 0 Å². The van der Waals surface area contributed by atoms with Crippen LogP contribution in [-0.2, 0) is 11.3 Å². The largest absolute Gasteiger partial charge is 0.348 e. The number of hydrogen-bond acceptors (Lipinski definition) is 2. The van der Waals surface area contributed by atoms with Gasteiger partial charge in [0.05, 0.1) is 6.04 Å². The average molecular weight is 417 g/mol. The summed E-state index contributed by atoms with van der Waals surface area (Å²) in [6, 6.07) is 21.4. The molecular weight excluding hydrogens is 388 g/mol. The van der Waals surface area contributed by atoms with Gasteiger partial charge in [0.2, 0.25) is 5.91 Å². The maximum absolute atomic E-state index is 13.4. The number of amides is 3. The molecule has 1 aromatic heterocycles. The highest BCUT2D eigenvalue weighted by molar-refractivity contribution is 5.92. The van der Waals surface area contributed by atoms with Crippen LogP contribution in [0.5, 0.6) is 0 Å². The topological polar surface area (TPSA) is 57.6 Å². The summed E-state index contributed by atoms with van der Waals surface area (Å²) < 4.78 is 2.20. The molecule has 6 nitrogen and oxygen atoms in total. The van der Waals surface area contributed by atoms with Crippen molar-refractivity contribution in [2.75, 3.05) is 25.0 Å². The van der Waals surface area contributed by atoms with E-state index in [-0.39, 0.29) is 24.5 Å². The van der Waals surface area contributed by atoms with Crippen molar-refractivity contribution in [3.63, 3.8) is 0 Å². The Morgan fingerprint density at radius 1 is 1.03 bits per heavy atom. The summed E-state index contributed by atoms with van der Waals surface area (Å²) in [4.78, 5) is 29.7. The van der Waals surface area contributed by atoms with E-state index in [4.69, 9.17) is 0 Å². The van der Waals surface area contributed by atoms with Gasteiger partial charge in [0.1, 0.15) is 6.54 Å². The van der Waals surface area contributed by atoms with Crippen molar-refractivity contribution >= 4 is 17.6 Å². The number of hydrogen-bond donors (Lipinski definition) is 1. The maximum atomic E-state index is 13.4. The number of aryl methyl sites for hydroxylation is 1. The molecule has 3 aromatic rings. The van der Waals surface area contributed by atoms with Crippen molar-refractivity contribution in [3.8, 4) is 0 Å². The van der Waals surface area contributed by atoms with Gasteiger partial charge in [-0.15, -0.1) is 0 Å². The van der Waals surface area contributed by atoms with Crippen molar-refractivity contribution in [1.29, 1.82) is 0 Å². The fourth-order valence-electron chi connectivity index (χ4n) is 4.14. The monoisotopic (exact) mass is 416 g/mol. The molecule has 1 aliphatic rings. The standard InChI is InChI=1S/C25H28N4O2/c1-3-27(25(31)26-21-12-7-9-19(2)17-21)18-23(30)29-16-15-28-14-8-13-22(28)24(29)20-10-5-4-6-11-20/h4-14,17,24H,3,15-16,18H2,1-2H3,(H,26,31). The van der Waals surface area contributed by atoms with Gasteiger partial charge in [-0.1, -0.05) is 42.5 Å². The average Bonchev–Trinajstić information content (AvgIpc) is 3.26. The second-order valence-corrected chi connectivity index (χ2v) is 7.84. The van der Waals surface area contributed by atoms with E-state index in [1.807, 2.05) is 67.3 Å². The van der Waals surface area contributed by atoms with Gasteiger partial charge in [-0.3, -0.25) is 4.79 Å². The van der Waals surface area contributed by atoms with E-state index >= 15 is 0 Å². The third kappa shape index (κ3) is 4.48. The first-order valence-corrected chi connectivity index (χ1v) is 10.7. The van der Waals surface area contributed by atoms with Gasteiger partial charge in [0.25, 0.3) is 0 Å². The molecule has 0 saturated heterocycles. The van der Waals surface area contributed by atoms with Crippen LogP contribution in [0.2, 0.25) is 0 Å². The molecule has 0 saturated carbocycles. The van der Waals surface area contributed by atoms with Crippen LogP contribution in [0.1, 0.15) is 29.8 Å². The van der Waals surface area contributed by atoms with E-state index in [1.54, 1.807) is 4.90 Å². The lowest BCUT2D eigenvalue weighted by Crippen LogP contribution is -2.48. The lowest BCUT2D eigenvalue weighted by molar-refractivity contribution is -0.134. The first kappa shape index (κ1) is 20.7. The van der Waals surface area contributed by atoms with Crippen LogP contribution in [-0.4, -0.2) is 45.9 Å². The van der Waals surface area contributed by atoms with Gasteiger partial charge in [-0.2, -0.15) is 0 Å². The molecule has 2 heterocycles. The Morgan fingerprint density at radius 2 is 1.84 bits per heavy atom. The van der Waals surface area contributed by atoms with E-state index < -0.39 is 0 Å². The first-order chi connectivity index (χ1) is 15.1. The first-order valence-electron chi connectivity index (χ1n) is 10.7. The van der Waals surface area contributed by atoms with E-state index in [2.05, 4.69) is 34.3 Å². The number of nitrogens with zero attached hydrogens (tertiary/aromatic N) is 3. The van der Waals surface area contributed by atoms with Crippen molar-refractivity contribution in [1.82, 2.24) is 14.4 Å². The van der Waals surface area contributed by atoms with E-state index in [1.165, 1.54) is 0 Å². The molecule has 0 fully saturated rings. The molecule has 6 heteroatoms. The molecule has 1 unspecified atom stereocenters. The third-order valence-corrected chi connectivity index (χ3v) is 5.74. The van der Waals surface area contributed by atoms with Crippen LogP contribution in [0, 0.1) is 6.92 Å². The maximum Gasteiger partial charge on any atom is 0.322 e. The fourth-order valence-corrected chi connectivity index (χ4v) is 4.14. The zero-order valence-corrected chi connectivity index (χ0v) is 18.0. The van der Waals surface area contributed by atoms with Gasteiger partial charge in [0.15, 0.2) is 0 Å². The molecule has 1 atom stereocenters. The van der Waals surface area contributed by atoms with Crippen LogP contribution in [0.15, 0.2) is 72.9 Å². The number of fused-ring (bicyclic) bond motifs is 1. The Balaban J connectivity index is 1.52. The Kier molecular flexibility index (Phi) is 6.07. The summed E-state index contributed by atoms with van der Waals surface area (Å²) in [6.07, 6.45) is 2.06. The van der Waals surface area contributed by atoms with Gasteiger partial charge >= 0.3 is 6.03 Å². The van der Waals surface area contributed by atoms with Crippen LogP contribution < -0.4 is 5.32 Å². The quantitative estimate of drug-likeness (QED) is 0.675. The summed E-state index contributed by atoms with van der Waals surface area (Å²) in [7, 11) is 0. The van der Waals surface area contributed by atoms with Crippen molar-refractivity contribution < 1.29 is 9.59 Å². The second kappa shape index (κ2) is 9.08. The third-order valence-electron chi connectivity index (χ3n) is 5.74. The Labute approximate surface area is 183 Å². The Morgan fingerprint density at radius 3 is 2.58 bits per heavy atom. The summed E-state index contributed by atoms with van der Waals surface area (Å²) in [5.74, 6) is -0.0532. The van der Waals surface area contributed by atoms with Gasteiger partial charge < -0.3 is 19.7 Å². The second-order valence-electron chi connectivity index (χ2n) is 7.84. The van der Waals surface area contributed by atoms with Gasteiger partial charge in [-0.05, 0) is 49.2 Å². The zero-order valence-electron chi connectivity index (χ0n) is 18.0. The molecule has 3 amide bonds.